The van der Waals surface area contributed by atoms with Crippen LogP contribution >= 0.6 is 11.6 Å². The summed E-state index contributed by atoms with van der Waals surface area (Å²) < 4.78 is 2.03. The van der Waals surface area contributed by atoms with Crippen LogP contribution in [0.1, 0.15) is 5.56 Å². The van der Waals surface area contributed by atoms with Gasteiger partial charge in [0.15, 0.2) is 0 Å². The SMILES string of the molecule is Cc1cc(-c2ccc(Cl)nc2N(C)C)cn2ccnc12. The number of halogens is 1. The number of fused-ring (bicyclic) bond motifs is 1. The van der Waals surface area contributed by atoms with Crippen molar-refractivity contribution >= 4 is 23.1 Å². The second kappa shape index (κ2) is 4.80. The molecule has 3 aromatic heterocycles. The van der Waals surface area contributed by atoms with Crippen LogP contribution in [0.2, 0.25) is 5.15 Å². The van der Waals surface area contributed by atoms with Crippen LogP contribution in [0.5, 0.6) is 0 Å². The van der Waals surface area contributed by atoms with Gasteiger partial charge < -0.3 is 9.30 Å². The molecule has 0 N–H and O–H groups in total. The average Bonchev–Trinajstić information content (AvgIpc) is 2.87. The number of aromatic nitrogens is 3. The minimum absolute atomic E-state index is 0.498. The summed E-state index contributed by atoms with van der Waals surface area (Å²) in [5.41, 5.74) is 4.26. The van der Waals surface area contributed by atoms with Crippen LogP contribution < -0.4 is 4.90 Å². The number of hydrogen-bond donors (Lipinski definition) is 0. The van der Waals surface area contributed by atoms with Crippen LogP contribution in [-0.4, -0.2) is 28.5 Å². The van der Waals surface area contributed by atoms with Gasteiger partial charge in [-0.1, -0.05) is 11.6 Å². The molecule has 0 radical (unpaired) electrons. The third-order valence-corrected chi connectivity index (χ3v) is 3.46. The number of pyridine rings is 2. The highest BCUT2D eigenvalue weighted by Gasteiger charge is 2.11. The highest BCUT2D eigenvalue weighted by molar-refractivity contribution is 6.29. The van der Waals surface area contributed by atoms with Crippen LogP contribution in [0.3, 0.4) is 0 Å². The molecule has 0 aliphatic carbocycles. The fraction of sp³-hybridized carbons (Fsp3) is 0.200. The summed E-state index contributed by atoms with van der Waals surface area (Å²) >= 11 is 6.00. The molecule has 0 saturated carbocycles. The Morgan fingerprint density at radius 3 is 2.80 bits per heavy atom. The van der Waals surface area contributed by atoms with Crippen molar-refractivity contribution in [1.82, 2.24) is 14.4 Å². The normalized spacial score (nSPS) is 11.0. The summed E-state index contributed by atoms with van der Waals surface area (Å²) in [4.78, 5) is 10.7. The largest absolute Gasteiger partial charge is 0.362 e. The zero-order chi connectivity index (χ0) is 14.3. The number of nitrogens with zero attached hydrogens (tertiary/aromatic N) is 4. The van der Waals surface area contributed by atoms with Crippen molar-refractivity contribution < 1.29 is 0 Å². The van der Waals surface area contributed by atoms with E-state index in [1.807, 2.05) is 41.7 Å². The maximum absolute atomic E-state index is 6.00. The second-order valence-electron chi connectivity index (χ2n) is 4.97. The molecule has 0 spiro atoms. The Balaban J connectivity index is 2.25. The Bertz CT molecular complexity index is 777. The van der Waals surface area contributed by atoms with E-state index < -0.39 is 0 Å². The third kappa shape index (κ3) is 2.12. The second-order valence-corrected chi connectivity index (χ2v) is 5.36. The van der Waals surface area contributed by atoms with Crippen LogP contribution in [-0.2, 0) is 0 Å². The molecular formula is C15H15ClN4. The van der Waals surface area contributed by atoms with Crippen molar-refractivity contribution in [3.8, 4) is 11.1 Å². The van der Waals surface area contributed by atoms with Gasteiger partial charge in [0.1, 0.15) is 16.6 Å². The maximum atomic E-state index is 6.00. The molecule has 0 fully saturated rings. The first-order valence-electron chi connectivity index (χ1n) is 6.34. The smallest absolute Gasteiger partial charge is 0.139 e. The number of imidazole rings is 1. The van der Waals surface area contributed by atoms with Gasteiger partial charge >= 0.3 is 0 Å². The fourth-order valence-electron chi connectivity index (χ4n) is 2.35. The molecule has 20 heavy (non-hydrogen) atoms. The zero-order valence-corrected chi connectivity index (χ0v) is 12.4. The first kappa shape index (κ1) is 12.9. The van der Waals surface area contributed by atoms with Gasteiger partial charge in [0.25, 0.3) is 0 Å². The lowest BCUT2D eigenvalue weighted by atomic mass is 10.1. The summed E-state index contributed by atoms with van der Waals surface area (Å²) in [7, 11) is 3.93. The topological polar surface area (TPSA) is 33.4 Å². The summed E-state index contributed by atoms with van der Waals surface area (Å²) in [5, 5.41) is 0.498. The molecule has 0 atom stereocenters. The van der Waals surface area contributed by atoms with Crippen LogP contribution in [0.15, 0.2) is 36.8 Å². The first-order chi connectivity index (χ1) is 9.56. The molecule has 0 bridgehead atoms. The summed E-state index contributed by atoms with van der Waals surface area (Å²) in [5.74, 6) is 0.858. The number of hydrogen-bond acceptors (Lipinski definition) is 3. The quantitative estimate of drug-likeness (QED) is 0.677. The molecule has 0 aliphatic heterocycles. The molecule has 5 heteroatoms. The molecule has 102 valence electrons. The molecule has 0 amide bonds. The highest BCUT2D eigenvalue weighted by Crippen LogP contribution is 2.30. The van der Waals surface area contributed by atoms with E-state index in [1.54, 1.807) is 6.20 Å². The Labute approximate surface area is 122 Å². The Morgan fingerprint density at radius 1 is 1.25 bits per heavy atom. The molecular weight excluding hydrogens is 272 g/mol. The van der Waals surface area contributed by atoms with Crippen molar-refractivity contribution in [3.05, 3.63) is 47.5 Å². The highest BCUT2D eigenvalue weighted by atomic mass is 35.5. The van der Waals surface area contributed by atoms with E-state index in [0.29, 0.717) is 5.15 Å². The minimum Gasteiger partial charge on any atom is -0.362 e. The van der Waals surface area contributed by atoms with Gasteiger partial charge in [0, 0.05) is 43.8 Å². The van der Waals surface area contributed by atoms with E-state index in [4.69, 9.17) is 11.6 Å². The Kier molecular flexibility index (Phi) is 3.10. The van der Waals surface area contributed by atoms with Crippen LogP contribution in [0, 0.1) is 6.92 Å². The van der Waals surface area contributed by atoms with Crippen molar-refractivity contribution in [2.75, 3.05) is 19.0 Å². The molecule has 3 heterocycles. The summed E-state index contributed by atoms with van der Waals surface area (Å²) in [6, 6.07) is 5.94. The molecule has 0 aliphatic rings. The lowest BCUT2D eigenvalue weighted by Gasteiger charge is -2.17. The van der Waals surface area contributed by atoms with E-state index in [1.165, 1.54) is 0 Å². The number of anilines is 1. The molecule has 0 aromatic carbocycles. The van der Waals surface area contributed by atoms with Crippen molar-refractivity contribution in [3.63, 3.8) is 0 Å². The molecule has 0 saturated heterocycles. The minimum atomic E-state index is 0.498. The molecule has 3 aromatic rings. The number of rotatable bonds is 2. The lowest BCUT2D eigenvalue weighted by molar-refractivity contribution is 1.07. The van der Waals surface area contributed by atoms with E-state index in [-0.39, 0.29) is 0 Å². The van der Waals surface area contributed by atoms with E-state index >= 15 is 0 Å². The van der Waals surface area contributed by atoms with Gasteiger partial charge in [-0.15, -0.1) is 0 Å². The Morgan fingerprint density at radius 2 is 2.05 bits per heavy atom. The predicted octanol–water partition coefficient (Wildman–Crippen LogP) is 3.42. The van der Waals surface area contributed by atoms with Gasteiger partial charge in [-0.2, -0.15) is 0 Å². The molecule has 3 rings (SSSR count). The van der Waals surface area contributed by atoms with E-state index in [2.05, 4.69) is 29.2 Å². The van der Waals surface area contributed by atoms with Gasteiger partial charge in [-0.3, -0.25) is 0 Å². The summed E-state index contributed by atoms with van der Waals surface area (Å²) in [6.45, 7) is 2.06. The van der Waals surface area contributed by atoms with Crippen LogP contribution in [0.25, 0.3) is 16.8 Å². The average molecular weight is 287 g/mol. The van der Waals surface area contributed by atoms with Gasteiger partial charge in [0.05, 0.1) is 0 Å². The molecule has 4 nitrogen and oxygen atoms in total. The van der Waals surface area contributed by atoms with Crippen LogP contribution in [0.4, 0.5) is 5.82 Å². The number of aryl methyl sites for hydroxylation is 1. The van der Waals surface area contributed by atoms with Gasteiger partial charge in [0.2, 0.25) is 0 Å². The van der Waals surface area contributed by atoms with Gasteiger partial charge in [-0.25, -0.2) is 9.97 Å². The maximum Gasteiger partial charge on any atom is 0.139 e. The predicted molar refractivity (Wildman–Crippen MR) is 82.5 cm³/mol. The van der Waals surface area contributed by atoms with E-state index in [9.17, 15) is 0 Å². The van der Waals surface area contributed by atoms with Gasteiger partial charge in [-0.05, 0) is 30.7 Å². The summed E-state index contributed by atoms with van der Waals surface area (Å²) in [6.07, 6.45) is 5.82. The lowest BCUT2D eigenvalue weighted by Crippen LogP contribution is -2.12. The fourth-order valence-corrected chi connectivity index (χ4v) is 2.49. The first-order valence-corrected chi connectivity index (χ1v) is 6.71. The third-order valence-electron chi connectivity index (χ3n) is 3.25. The van der Waals surface area contributed by atoms with Crippen molar-refractivity contribution in [2.45, 2.75) is 6.92 Å². The standard InChI is InChI=1S/C15H15ClN4/c1-10-8-11(9-20-7-6-17-14(10)20)12-4-5-13(16)18-15(12)19(2)3/h4-9H,1-3H3. The molecule has 0 unspecified atom stereocenters. The van der Waals surface area contributed by atoms with Crippen molar-refractivity contribution in [2.24, 2.45) is 0 Å². The van der Waals surface area contributed by atoms with Crippen molar-refractivity contribution in [1.29, 1.82) is 0 Å². The monoisotopic (exact) mass is 286 g/mol. The zero-order valence-electron chi connectivity index (χ0n) is 11.6. The Hall–Kier alpha value is -2.07. The van der Waals surface area contributed by atoms with E-state index in [0.717, 1.165) is 28.2 Å².